The summed E-state index contributed by atoms with van der Waals surface area (Å²) in [5.41, 5.74) is 1.17. The second-order valence-electron chi connectivity index (χ2n) is 5.65. The van der Waals surface area contributed by atoms with Crippen LogP contribution < -0.4 is 4.74 Å². The van der Waals surface area contributed by atoms with Crippen molar-refractivity contribution in [2.45, 2.75) is 31.5 Å². The molecule has 1 aromatic heterocycles. The minimum absolute atomic E-state index is 0.291. The van der Waals surface area contributed by atoms with Crippen LogP contribution in [0.25, 0.3) is 0 Å². The Bertz CT molecular complexity index is 428. The monoisotopic (exact) mass is 294 g/mol. The maximum atomic E-state index is 6.14. The molecular formula is C16H26N2O3. The van der Waals surface area contributed by atoms with Gasteiger partial charge in [-0.1, -0.05) is 0 Å². The Hall–Kier alpha value is -1.17. The van der Waals surface area contributed by atoms with Crippen LogP contribution in [0.3, 0.4) is 0 Å². The van der Waals surface area contributed by atoms with E-state index < -0.39 is 0 Å². The van der Waals surface area contributed by atoms with Gasteiger partial charge >= 0.3 is 0 Å². The maximum absolute atomic E-state index is 6.14. The van der Waals surface area contributed by atoms with Crippen molar-refractivity contribution in [3.8, 4) is 5.75 Å². The summed E-state index contributed by atoms with van der Waals surface area (Å²) in [7, 11) is 5.51. The van der Waals surface area contributed by atoms with E-state index in [1.165, 1.54) is 5.56 Å². The molecule has 1 aliphatic rings. The summed E-state index contributed by atoms with van der Waals surface area (Å²) < 4.78 is 16.4. The van der Waals surface area contributed by atoms with Crippen LogP contribution in [0.4, 0.5) is 0 Å². The van der Waals surface area contributed by atoms with Crippen molar-refractivity contribution in [1.29, 1.82) is 0 Å². The number of hydrogen-bond donors (Lipinski definition) is 0. The standard InChI is InChI=1S/C16H26N2O3/c1-18(6-7-19-2)12-15-5-4-14(21-15)8-13-9-16(20-3)11-17-10-13/h9-11,14-15H,4-8,12H2,1-3H3/t14-,15+/m0/s1. The van der Waals surface area contributed by atoms with Gasteiger partial charge in [-0.15, -0.1) is 0 Å². The topological polar surface area (TPSA) is 43.8 Å². The van der Waals surface area contributed by atoms with E-state index in [4.69, 9.17) is 14.2 Å². The van der Waals surface area contributed by atoms with Crippen molar-refractivity contribution in [3.63, 3.8) is 0 Å². The molecule has 0 radical (unpaired) electrons. The lowest BCUT2D eigenvalue weighted by Gasteiger charge is -2.21. The van der Waals surface area contributed by atoms with Crippen molar-refractivity contribution >= 4 is 0 Å². The summed E-state index contributed by atoms with van der Waals surface area (Å²) in [6.45, 7) is 2.68. The lowest BCUT2D eigenvalue weighted by Crippen LogP contribution is -2.32. The van der Waals surface area contributed by atoms with E-state index in [1.54, 1.807) is 20.4 Å². The van der Waals surface area contributed by atoms with Gasteiger partial charge in [0.05, 0.1) is 32.1 Å². The second kappa shape index (κ2) is 8.32. The predicted molar refractivity (Wildman–Crippen MR) is 81.8 cm³/mol. The number of ether oxygens (including phenoxy) is 3. The quantitative estimate of drug-likeness (QED) is 0.731. The first kappa shape index (κ1) is 16.2. The molecular weight excluding hydrogens is 268 g/mol. The summed E-state index contributed by atoms with van der Waals surface area (Å²) >= 11 is 0. The maximum Gasteiger partial charge on any atom is 0.137 e. The van der Waals surface area contributed by atoms with E-state index in [-0.39, 0.29) is 0 Å². The van der Waals surface area contributed by atoms with Crippen LogP contribution in [0.15, 0.2) is 18.5 Å². The molecule has 5 nitrogen and oxygen atoms in total. The molecule has 0 N–H and O–H groups in total. The molecule has 1 saturated heterocycles. The van der Waals surface area contributed by atoms with Crippen LogP contribution in [-0.2, 0) is 15.9 Å². The minimum atomic E-state index is 0.291. The van der Waals surface area contributed by atoms with Gasteiger partial charge in [0.25, 0.3) is 0 Å². The van der Waals surface area contributed by atoms with Gasteiger partial charge in [-0.2, -0.15) is 0 Å². The highest BCUT2D eigenvalue weighted by atomic mass is 16.5. The Kier molecular flexibility index (Phi) is 6.42. The summed E-state index contributed by atoms with van der Waals surface area (Å²) in [6.07, 6.45) is 7.38. The molecule has 0 saturated carbocycles. The molecule has 0 aliphatic carbocycles. The zero-order valence-electron chi connectivity index (χ0n) is 13.2. The number of hydrogen-bond acceptors (Lipinski definition) is 5. The summed E-state index contributed by atoms with van der Waals surface area (Å²) in [4.78, 5) is 6.46. The predicted octanol–water partition coefficient (Wildman–Crippen LogP) is 1.76. The smallest absolute Gasteiger partial charge is 0.137 e. The normalized spacial score (nSPS) is 21.9. The molecule has 1 fully saturated rings. The molecule has 0 amide bonds. The largest absolute Gasteiger partial charge is 0.495 e. The molecule has 0 unspecified atom stereocenters. The van der Waals surface area contributed by atoms with Gasteiger partial charge in [-0.25, -0.2) is 0 Å². The van der Waals surface area contributed by atoms with E-state index >= 15 is 0 Å². The van der Waals surface area contributed by atoms with E-state index in [0.717, 1.165) is 44.7 Å². The minimum Gasteiger partial charge on any atom is -0.495 e. The highest BCUT2D eigenvalue weighted by molar-refractivity contribution is 5.24. The lowest BCUT2D eigenvalue weighted by atomic mass is 10.1. The van der Waals surface area contributed by atoms with Gasteiger partial charge in [0, 0.05) is 32.8 Å². The highest BCUT2D eigenvalue weighted by Crippen LogP contribution is 2.24. The molecule has 2 heterocycles. The number of aromatic nitrogens is 1. The molecule has 21 heavy (non-hydrogen) atoms. The van der Waals surface area contributed by atoms with Crippen LogP contribution in [0.5, 0.6) is 5.75 Å². The van der Waals surface area contributed by atoms with E-state index in [9.17, 15) is 0 Å². The fourth-order valence-electron chi connectivity index (χ4n) is 2.70. The van der Waals surface area contributed by atoms with Crippen LogP contribution >= 0.6 is 0 Å². The number of likely N-dealkylation sites (N-methyl/N-ethyl adjacent to an activating group) is 1. The van der Waals surface area contributed by atoms with Gasteiger partial charge in [-0.05, 0) is 31.5 Å². The van der Waals surface area contributed by atoms with Crippen LogP contribution in [-0.4, -0.2) is 63.1 Å². The average Bonchev–Trinajstić information content (AvgIpc) is 2.92. The molecule has 0 bridgehead atoms. The van der Waals surface area contributed by atoms with Gasteiger partial charge in [-0.3, -0.25) is 4.98 Å². The zero-order valence-corrected chi connectivity index (χ0v) is 13.2. The summed E-state index contributed by atoms with van der Waals surface area (Å²) in [6, 6.07) is 2.04. The number of rotatable bonds is 8. The van der Waals surface area contributed by atoms with Crippen molar-refractivity contribution in [1.82, 2.24) is 9.88 Å². The van der Waals surface area contributed by atoms with Gasteiger partial charge in [0.15, 0.2) is 0 Å². The molecule has 5 heteroatoms. The van der Waals surface area contributed by atoms with Crippen molar-refractivity contribution in [3.05, 3.63) is 24.0 Å². The summed E-state index contributed by atoms with van der Waals surface area (Å²) in [5, 5.41) is 0. The Morgan fingerprint density at radius 2 is 2.10 bits per heavy atom. The fourth-order valence-corrected chi connectivity index (χ4v) is 2.70. The lowest BCUT2D eigenvalue weighted by molar-refractivity contribution is 0.0241. The van der Waals surface area contributed by atoms with Gasteiger partial charge in [0.2, 0.25) is 0 Å². The third-order valence-corrected chi connectivity index (χ3v) is 3.86. The molecule has 2 atom stereocenters. The van der Waals surface area contributed by atoms with Gasteiger partial charge < -0.3 is 19.1 Å². The molecule has 1 aliphatic heterocycles. The molecule has 118 valence electrons. The van der Waals surface area contributed by atoms with Gasteiger partial charge in [0.1, 0.15) is 5.75 Å². The Morgan fingerprint density at radius 3 is 2.86 bits per heavy atom. The Labute approximate surface area is 127 Å². The third-order valence-electron chi connectivity index (χ3n) is 3.86. The Morgan fingerprint density at radius 1 is 1.29 bits per heavy atom. The second-order valence-corrected chi connectivity index (χ2v) is 5.65. The van der Waals surface area contributed by atoms with E-state index in [2.05, 4.69) is 16.9 Å². The van der Waals surface area contributed by atoms with Crippen LogP contribution in [0.1, 0.15) is 18.4 Å². The fraction of sp³-hybridized carbons (Fsp3) is 0.688. The first-order valence-electron chi connectivity index (χ1n) is 7.52. The SMILES string of the molecule is COCCN(C)C[C@H]1CC[C@@H](Cc2cncc(OC)c2)O1. The molecule has 2 rings (SSSR count). The third kappa shape index (κ3) is 5.26. The highest BCUT2D eigenvalue weighted by Gasteiger charge is 2.26. The molecule has 1 aromatic rings. The number of pyridine rings is 1. The zero-order chi connectivity index (χ0) is 15.1. The van der Waals surface area contributed by atoms with Crippen LogP contribution in [0, 0.1) is 0 Å². The number of nitrogens with zero attached hydrogens (tertiary/aromatic N) is 2. The average molecular weight is 294 g/mol. The molecule has 0 spiro atoms. The number of methoxy groups -OCH3 is 2. The molecule has 0 aromatic carbocycles. The Balaban J connectivity index is 1.76. The van der Waals surface area contributed by atoms with Crippen molar-refractivity contribution in [2.24, 2.45) is 0 Å². The van der Waals surface area contributed by atoms with Crippen molar-refractivity contribution < 1.29 is 14.2 Å². The van der Waals surface area contributed by atoms with E-state index in [1.807, 2.05) is 12.3 Å². The first-order valence-corrected chi connectivity index (χ1v) is 7.52. The van der Waals surface area contributed by atoms with E-state index in [0.29, 0.717) is 12.2 Å². The summed E-state index contributed by atoms with van der Waals surface area (Å²) in [5.74, 6) is 0.807. The first-order chi connectivity index (χ1) is 10.2. The van der Waals surface area contributed by atoms with Crippen molar-refractivity contribution in [2.75, 3.05) is 41.0 Å². The van der Waals surface area contributed by atoms with Crippen LogP contribution in [0.2, 0.25) is 0 Å².